The lowest BCUT2D eigenvalue weighted by Crippen LogP contribution is -2.40. The number of methoxy groups -OCH3 is 1. The second-order valence-electron chi connectivity index (χ2n) is 7.42. The van der Waals surface area contributed by atoms with E-state index in [-0.39, 0.29) is 12.1 Å². The molecule has 0 saturated carbocycles. The van der Waals surface area contributed by atoms with Crippen LogP contribution in [0.1, 0.15) is 40.5 Å². The summed E-state index contributed by atoms with van der Waals surface area (Å²) in [6.07, 6.45) is 1.24. The molecule has 1 aromatic rings. The van der Waals surface area contributed by atoms with Gasteiger partial charge in [0.15, 0.2) is 6.10 Å². The number of carbonyl (C=O) groups is 1. The molecular formula is C19H30N2O4. The van der Waals surface area contributed by atoms with Crippen molar-refractivity contribution in [3.8, 4) is 5.75 Å². The number of piperidine rings is 1. The van der Waals surface area contributed by atoms with Crippen LogP contribution in [0.4, 0.5) is 11.4 Å². The zero-order chi connectivity index (χ0) is 18.6. The van der Waals surface area contributed by atoms with E-state index in [0.29, 0.717) is 11.4 Å². The van der Waals surface area contributed by atoms with Crippen LogP contribution in [0.5, 0.6) is 5.75 Å². The van der Waals surface area contributed by atoms with Crippen LogP contribution in [0.15, 0.2) is 18.2 Å². The largest absolute Gasteiger partial charge is 0.495 e. The van der Waals surface area contributed by atoms with Crippen molar-refractivity contribution in [1.82, 2.24) is 0 Å². The first-order chi connectivity index (χ1) is 11.7. The molecule has 1 atom stereocenters. The number of esters is 1. The lowest BCUT2D eigenvalue weighted by molar-refractivity contribution is -0.171. The third-order valence-electron chi connectivity index (χ3n) is 4.16. The number of nitrogens with two attached hydrogens (primary N) is 1. The summed E-state index contributed by atoms with van der Waals surface area (Å²) < 4.78 is 16.6. The number of hydrogen-bond acceptors (Lipinski definition) is 6. The molecular weight excluding hydrogens is 320 g/mol. The molecule has 1 heterocycles. The fourth-order valence-corrected chi connectivity index (χ4v) is 2.88. The molecule has 1 saturated heterocycles. The first-order valence-corrected chi connectivity index (χ1v) is 8.76. The van der Waals surface area contributed by atoms with E-state index in [2.05, 4.69) is 4.90 Å². The van der Waals surface area contributed by atoms with Crippen molar-refractivity contribution in [2.75, 3.05) is 30.8 Å². The Hall–Kier alpha value is -1.95. The number of benzene rings is 1. The van der Waals surface area contributed by atoms with E-state index in [9.17, 15) is 4.79 Å². The Labute approximate surface area is 150 Å². The summed E-state index contributed by atoms with van der Waals surface area (Å²) in [4.78, 5) is 14.3. The summed E-state index contributed by atoms with van der Waals surface area (Å²) in [5, 5.41) is 0. The van der Waals surface area contributed by atoms with Crippen LogP contribution in [0.2, 0.25) is 0 Å². The van der Waals surface area contributed by atoms with Crippen LogP contribution in [0.3, 0.4) is 0 Å². The highest BCUT2D eigenvalue weighted by atomic mass is 16.6. The minimum absolute atomic E-state index is 0.0643. The van der Waals surface area contributed by atoms with Gasteiger partial charge in [-0.1, -0.05) is 0 Å². The summed E-state index contributed by atoms with van der Waals surface area (Å²) in [6.45, 7) is 9.05. The van der Waals surface area contributed by atoms with Crippen molar-refractivity contribution in [3.05, 3.63) is 18.2 Å². The fourth-order valence-electron chi connectivity index (χ4n) is 2.88. The molecule has 2 rings (SSSR count). The molecule has 6 heteroatoms. The summed E-state index contributed by atoms with van der Waals surface area (Å²) in [5.41, 5.74) is 7.10. The summed E-state index contributed by atoms with van der Waals surface area (Å²) >= 11 is 0. The minimum atomic E-state index is -0.549. The van der Waals surface area contributed by atoms with Gasteiger partial charge in [0.1, 0.15) is 11.4 Å². The molecule has 0 spiro atoms. The molecule has 1 aliphatic heterocycles. The highest BCUT2D eigenvalue weighted by molar-refractivity contribution is 5.74. The Balaban J connectivity index is 1.86. The van der Waals surface area contributed by atoms with Crippen molar-refractivity contribution in [1.29, 1.82) is 0 Å². The molecule has 1 unspecified atom stereocenters. The topological polar surface area (TPSA) is 74.0 Å². The molecule has 0 aromatic heterocycles. The molecule has 2 N–H and O–H groups in total. The Morgan fingerprint density at radius 1 is 1.28 bits per heavy atom. The molecule has 0 radical (unpaired) electrons. The average Bonchev–Trinajstić information content (AvgIpc) is 2.54. The van der Waals surface area contributed by atoms with Gasteiger partial charge in [-0.05, 0) is 52.7 Å². The van der Waals surface area contributed by atoms with Gasteiger partial charge in [-0.15, -0.1) is 0 Å². The van der Waals surface area contributed by atoms with Gasteiger partial charge in [-0.3, -0.25) is 0 Å². The smallest absolute Gasteiger partial charge is 0.335 e. The second-order valence-corrected chi connectivity index (χ2v) is 7.42. The van der Waals surface area contributed by atoms with E-state index in [4.69, 9.17) is 19.9 Å². The zero-order valence-corrected chi connectivity index (χ0v) is 15.9. The predicted octanol–water partition coefficient (Wildman–Crippen LogP) is 2.99. The Kier molecular flexibility index (Phi) is 6.16. The first kappa shape index (κ1) is 19.4. The molecule has 1 aromatic carbocycles. The molecule has 25 heavy (non-hydrogen) atoms. The van der Waals surface area contributed by atoms with Crippen molar-refractivity contribution in [3.63, 3.8) is 0 Å². The lowest BCUT2D eigenvalue weighted by atomic mass is 10.1. The maximum atomic E-state index is 12.0. The van der Waals surface area contributed by atoms with Gasteiger partial charge in [-0.25, -0.2) is 4.79 Å². The van der Waals surface area contributed by atoms with Crippen molar-refractivity contribution < 1.29 is 19.0 Å². The van der Waals surface area contributed by atoms with E-state index >= 15 is 0 Å². The molecule has 0 bridgehead atoms. The van der Waals surface area contributed by atoms with Gasteiger partial charge in [-0.2, -0.15) is 0 Å². The van der Waals surface area contributed by atoms with Crippen LogP contribution >= 0.6 is 0 Å². The highest BCUT2D eigenvalue weighted by Crippen LogP contribution is 2.29. The predicted molar refractivity (Wildman–Crippen MR) is 99.0 cm³/mol. The van der Waals surface area contributed by atoms with Crippen LogP contribution in [-0.4, -0.2) is 44.0 Å². The third-order valence-corrected chi connectivity index (χ3v) is 4.16. The van der Waals surface area contributed by atoms with E-state index in [0.717, 1.165) is 31.6 Å². The standard InChI is InChI=1S/C19H30N2O4/c1-13(18(22)25-19(2,3)4)24-15-8-10-21(11-9-15)14-6-7-16(20)17(12-14)23-5/h6-7,12-13,15H,8-11,20H2,1-5H3. The van der Waals surface area contributed by atoms with Gasteiger partial charge in [0, 0.05) is 24.8 Å². The van der Waals surface area contributed by atoms with Crippen LogP contribution < -0.4 is 15.4 Å². The number of rotatable bonds is 5. The quantitative estimate of drug-likeness (QED) is 0.650. The summed E-state index contributed by atoms with van der Waals surface area (Å²) in [6, 6.07) is 5.82. The minimum Gasteiger partial charge on any atom is -0.495 e. The normalized spacial score (nSPS) is 17.2. The van der Waals surface area contributed by atoms with Crippen LogP contribution in [-0.2, 0) is 14.3 Å². The summed E-state index contributed by atoms with van der Waals surface area (Å²) in [7, 11) is 1.62. The molecule has 6 nitrogen and oxygen atoms in total. The van der Waals surface area contributed by atoms with Crippen LogP contribution in [0, 0.1) is 0 Å². The Bertz CT molecular complexity index is 590. The molecule has 0 amide bonds. The number of nitrogens with zero attached hydrogens (tertiary/aromatic N) is 1. The SMILES string of the molecule is COc1cc(N2CCC(OC(C)C(=O)OC(C)(C)C)CC2)ccc1N. The lowest BCUT2D eigenvalue weighted by Gasteiger charge is -2.35. The molecule has 140 valence electrons. The van der Waals surface area contributed by atoms with Gasteiger partial charge in [0.25, 0.3) is 0 Å². The van der Waals surface area contributed by atoms with E-state index in [1.54, 1.807) is 14.0 Å². The molecule has 0 aliphatic carbocycles. The number of anilines is 2. The van der Waals surface area contributed by atoms with Gasteiger partial charge >= 0.3 is 5.97 Å². The van der Waals surface area contributed by atoms with Crippen molar-refractivity contribution in [2.45, 2.75) is 58.3 Å². The molecule has 1 fully saturated rings. The Morgan fingerprint density at radius 3 is 2.48 bits per heavy atom. The highest BCUT2D eigenvalue weighted by Gasteiger charge is 2.27. The van der Waals surface area contributed by atoms with Gasteiger partial charge in [0.05, 0.1) is 18.9 Å². The van der Waals surface area contributed by atoms with Crippen molar-refractivity contribution in [2.24, 2.45) is 0 Å². The number of ether oxygens (including phenoxy) is 3. The second kappa shape index (κ2) is 7.95. The Morgan fingerprint density at radius 2 is 1.92 bits per heavy atom. The number of carbonyl (C=O) groups excluding carboxylic acids is 1. The zero-order valence-electron chi connectivity index (χ0n) is 15.9. The number of hydrogen-bond donors (Lipinski definition) is 1. The van der Waals surface area contributed by atoms with Gasteiger partial charge in [0.2, 0.25) is 0 Å². The third kappa shape index (κ3) is 5.53. The summed E-state index contributed by atoms with van der Waals surface area (Å²) in [5.74, 6) is 0.382. The first-order valence-electron chi connectivity index (χ1n) is 8.76. The molecule has 1 aliphatic rings. The fraction of sp³-hybridized carbons (Fsp3) is 0.632. The maximum Gasteiger partial charge on any atom is 0.335 e. The van der Waals surface area contributed by atoms with Gasteiger partial charge < -0.3 is 24.8 Å². The van der Waals surface area contributed by atoms with E-state index < -0.39 is 11.7 Å². The monoisotopic (exact) mass is 350 g/mol. The van der Waals surface area contributed by atoms with Crippen molar-refractivity contribution >= 4 is 17.3 Å². The maximum absolute atomic E-state index is 12.0. The van der Waals surface area contributed by atoms with Crippen LogP contribution in [0.25, 0.3) is 0 Å². The average molecular weight is 350 g/mol. The number of nitrogen functional groups attached to an aromatic ring is 1. The van der Waals surface area contributed by atoms with E-state index in [1.165, 1.54) is 0 Å². The van der Waals surface area contributed by atoms with E-state index in [1.807, 2.05) is 39.0 Å².